The van der Waals surface area contributed by atoms with Gasteiger partial charge in [-0.25, -0.2) is 0 Å². The minimum absolute atomic E-state index is 0.679. The standard InChI is InChI=1S/C18H19N7/c1-3-15-14(12-24(2)22-15)11-19-16-9-10-17-20-21-18(25(17)23-16)13-7-5-4-6-8-13/h4-10,12H,3,11H2,1-2H3,(H,19,23). The highest BCUT2D eigenvalue weighted by Gasteiger charge is 2.10. The SMILES string of the molecule is CCc1nn(C)cc1CNc1ccc2nnc(-c3ccccc3)n2n1. The molecule has 1 N–H and O–H groups in total. The Morgan fingerprint density at radius 1 is 1.00 bits per heavy atom. The Balaban J connectivity index is 1.62. The van der Waals surface area contributed by atoms with Gasteiger partial charge in [-0.05, 0) is 18.6 Å². The molecule has 1 aromatic carbocycles. The topological polar surface area (TPSA) is 72.9 Å². The molecule has 3 aromatic heterocycles. The van der Waals surface area contributed by atoms with Gasteiger partial charge >= 0.3 is 0 Å². The smallest absolute Gasteiger partial charge is 0.185 e. The normalized spacial score (nSPS) is 11.1. The minimum atomic E-state index is 0.679. The molecule has 0 unspecified atom stereocenters. The quantitative estimate of drug-likeness (QED) is 0.608. The van der Waals surface area contributed by atoms with Gasteiger partial charge in [-0.3, -0.25) is 4.68 Å². The summed E-state index contributed by atoms with van der Waals surface area (Å²) in [5, 5.41) is 20.9. The number of hydrogen-bond donors (Lipinski definition) is 1. The van der Waals surface area contributed by atoms with Gasteiger partial charge in [0.15, 0.2) is 11.5 Å². The van der Waals surface area contributed by atoms with Crippen LogP contribution < -0.4 is 5.32 Å². The average Bonchev–Trinajstić information content (AvgIpc) is 3.23. The predicted molar refractivity (Wildman–Crippen MR) is 96.1 cm³/mol. The second-order valence-electron chi connectivity index (χ2n) is 5.86. The Hall–Kier alpha value is -3.22. The average molecular weight is 333 g/mol. The highest BCUT2D eigenvalue weighted by Crippen LogP contribution is 2.18. The third-order valence-electron chi connectivity index (χ3n) is 4.08. The zero-order valence-electron chi connectivity index (χ0n) is 14.2. The number of fused-ring (bicyclic) bond motifs is 1. The molecule has 7 nitrogen and oxygen atoms in total. The molecule has 25 heavy (non-hydrogen) atoms. The Kier molecular flexibility index (Phi) is 3.89. The first kappa shape index (κ1) is 15.3. The Labute approximate surface area is 145 Å². The number of nitrogens with one attached hydrogen (secondary N) is 1. The Morgan fingerprint density at radius 3 is 2.64 bits per heavy atom. The lowest BCUT2D eigenvalue weighted by atomic mass is 10.2. The van der Waals surface area contributed by atoms with Gasteiger partial charge in [-0.1, -0.05) is 37.3 Å². The van der Waals surface area contributed by atoms with Crippen molar-refractivity contribution in [1.29, 1.82) is 0 Å². The Bertz CT molecular complexity index is 1000. The number of hydrogen-bond acceptors (Lipinski definition) is 5. The molecular weight excluding hydrogens is 314 g/mol. The van der Waals surface area contributed by atoms with E-state index in [1.807, 2.05) is 60.4 Å². The van der Waals surface area contributed by atoms with Crippen molar-refractivity contribution < 1.29 is 0 Å². The second kappa shape index (κ2) is 6.35. The molecule has 0 atom stereocenters. The van der Waals surface area contributed by atoms with Crippen LogP contribution in [0.2, 0.25) is 0 Å². The maximum absolute atomic E-state index is 4.64. The van der Waals surface area contributed by atoms with Crippen molar-refractivity contribution >= 4 is 11.5 Å². The van der Waals surface area contributed by atoms with E-state index in [1.165, 1.54) is 5.56 Å². The molecule has 0 saturated carbocycles. The third kappa shape index (κ3) is 2.96. The van der Waals surface area contributed by atoms with Crippen molar-refractivity contribution in [3.63, 3.8) is 0 Å². The van der Waals surface area contributed by atoms with E-state index in [2.05, 4.69) is 32.6 Å². The molecule has 0 aliphatic carbocycles. The van der Waals surface area contributed by atoms with Crippen LogP contribution in [-0.4, -0.2) is 29.6 Å². The van der Waals surface area contributed by atoms with E-state index in [9.17, 15) is 0 Å². The van der Waals surface area contributed by atoms with Gasteiger partial charge in [0.25, 0.3) is 0 Å². The molecular formula is C18H19N7. The van der Waals surface area contributed by atoms with E-state index in [4.69, 9.17) is 0 Å². The zero-order valence-corrected chi connectivity index (χ0v) is 14.2. The first-order chi connectivity index (χ1) is 12.2. The van der Waals surface area contributed by atoms with Crippen LogP contribution in [0.1, 0.15) is 18.2 Å². The van der Waals surface area contributed by atoms with Crippen LogP contribution >= 0.6 is 0 Å². The van der Waals surface area contributed by atoms with Crippen molar-refractivity contribution in [2.24, 2.45) is 7.05 Å². The number of aryl methyl sites for hydroxylation is 2. The third-order valence-corrected chi connectivity index (χ3v) is 4.08. The number of aromatic nitrogens is 6. The van der Waals surface area contributed by atoms with Gasteiger partial charge in [-0.15, -0.1) is 15.3 Å². The number of benzene rings is 1. The maximum atomic E-state index is 4.64. The fourth-order valence-electron chi connectivity index (χ4n) is 2.87. The van der Waals surface area contributed by atoms with Crippen LogP contribution in [0.5, 0.6) is 0 Å². The molecule has 126 valence electrons. The summed E-state index contributed by atoms with van der Waals surface area (Å²) in [6.07, 6.45) is 2.95. The van der Waals surface area contributed by atoms with Crippen molar-refractivity contribution in [3.8, 4) is 11.4 Å². The maximum Gasteiger partial charge on any atom is 0.185 e. The first-order valence-electron chi connectivity index (χ1n) is 8.27. The summed E-state index contributed by atoms with van der Waals surface area (Å²) in [5.74, 6) is 1.50. The van der Waals surface area contributed by atoms with E-state index in [0.717, 1.165) is 35.0 Å². The molecule has 0 aliphatic rings. The van der Waals surface area contributed by atoms with Crippen LogP contribution in [0.25, 0.3) is 17.0 Å². The van der Waals surface area contributed by atoms with Crippen LogP contribution in [0, 0.1) is 0 Å². The summed E-state index contributed by atoms with van der Waals surface area (Å²) >= 11 is 0. The van der Waals surface area contributed by atoms with Crippen molar-refractivity contribution in [1.82, 2.24) is 29.6 Å². The molecule has 4 rings (SSSR count). The Morgan fingerprint density at radius 2 is 1.84 bits per heavy atom. The molecule has 0 bridgehead atoms. The summed E-state index contributed by atoms with van der Waals surface area (Å²) < 4.78 is 3.61. The lowest BCUT2D eigenvalue weighted by Gasteiger charge is -2.06. The summed E-state index contributed by atoms with van der Waals surface area (Å²) in [6, 6.07) is 13.8. The molecule has 0 saturated heterocycles. The largest absolute Gasteiger partial charge is 0.364 e. The van der Waals surface area contributed by atoms with Crippen LogP contribution in [0.4, 0.5) is 5.82 Å². The van der Waals surface area contributed by atoms with E-state index in [0.29, 0.717) is 6.54 Å². The molecule has 0 spiro atoms. The summed E-state index contributed by atoms with van der Waals surface area (Å²) in [5.41, 5.74) is 3.99. The highest BCUT2D eigenvalue weighted by atomic mass is 15.4. The van der Waals surface area contributed by atoms with E-state index >= 15 is 0 Å². The highest BCUT2D eigenvalue weighted by molar-refractivity contribution is 5.59. The van der Waals surface area contributed by atoms with Crippen molar-refractivity contribution in [2.45, 2.75) is 19.9 Å². The van der Waals surface area contributed by atoms with Crippen molar-refractivity contribution in [3.05, 3.63) is 59.9 Å². The molecule has 0 radical (unpaired) electrons. The molecule has 4 aromatic rings. The van der Waals surface area contributed by atoms with Gasteiger partial charge in [-0.2, -0.15) is 9.61 Å². The van der Waals surface area contributed by atoms with Gasteiger partial charge in [0, 0.05) is 30.9 Å². The zero-order chi connectivity index (χ0) is 17.2. The number of nitrogens with zero attached hydrogens (tertiary/aromatic N) is 6. The number of rotatable bonds is 5. The fraction of sp³-hybridized carbons (Fsp3) is 0.222. The summed E-state index contributed by atoms with van der Waals surface area (Å²) in [4.78, 5) is 0. The van der Waals surface area contributed by atoms with Crippen molar-refractivity contribution in [2.75, 3.05) is 5.32 Å². The van der Waals surface area contributed by atoms with Gasteiger partial charge in [0.2, 0.25) is 0 Å². The van der Waals surface area contributed by atoms with Gasteiger partial charge < -0.3 is 5.32 Å². The van der Waals surface area contributed by atoms with Gasteiger partial charge in [0.1, 0.15) is 5.82 Å². The predicted octanol–water partition coefficient (Wildman–Crippen LogP) is 2.70. The minimum Gasteiger partial charge on any atom is -0.364 e. The van der Waals surface area contributed by atoms with Crippen LogP contribution in [0.15, 0.2) is 48.7 Å². The lowest BCUT2D eigenvalue weighted by Crippen LogP contribution is -2.05. The lowest BCUT2D eigenvalue weighted by molar-refractivity contribution is 0.746. The van der Waals surface area contributed by atoms with Gasteiger partial charge in [0.05, 0.1) is 5.69 Å². The molecule has 0 fully saturated rings. The molecule has 0 aliphatic heterocycles. The molecule has 7 heteroatoms. The van der Waals surface area contributed by atoms with Crippen LogP contribution in [-0.2, 0) is 20.0 Å². The summed E-state index contributed by atoms with van der Waals surface area (Å²) in [7, 11) is 1.94. The van der Waals surface area contributed by atoms with Crippen LogP contribution in [0.3, 0.4) is 0 Å². The molecule has 3 heterocycles. The van der Waals surface area contributed by atoms with E-state index in [-0.39, 0.29) is 0 Å². The fourth-order valence-corrected chi connectivity index (χ4v) is 2.87. The van der Waals surface area contributed by atoms with E-state index < -0.39 is 0 Å². The summed E-state index contributed by atoms with van der Waals surface area (Å²) in [6.45, 7) is 2.79. The first-order valence-corrected chi connectivity index (χ1v) is 8.27. The molecule has 0 amide bonds. The number of anilines is 1. The second-order valence-corrected chi connectivity index (χ2v) is 5.86. The monoisotopic (exact) mass is 333 g/mol. The van der Waals surface area contributed by atoms with E-state index in [1.54, 1.807) is 4.52 Å².